The van der Waals surface area contributed by atoms with Crippen molar-refractivity contribution in [3.05, 3.63) is 28.5 Å². The molecule has 3 aromatic heterocycles. The predicted octanol–water partition coefficient (Wildman–Crippen LogP) is 4.79. The van der Waals surface area contributed by atoms with E-state index in [1.165, 1.54) is 0 Å². The summed E-state index contributed by atoms with van der Waals surface area (Å²) < 4.78 is 14.0. The third-order valence-corrected chi connectivity index (χ3v) is 5.74. The van der Waals surface area contributed by atoms with Crippen molar-refractivity contribution in [2.24, 2.45) is 0 Å². The van der Waals surface area contributed by atoms with Gasteiger partial charge in [-0.05, 0) is 55.0 Å². The minimum Gasteiger partial charge on any atom is -0.444 e. The fourth-order valence-electron chi connectivity index (χ4n) is 2.93. The van der Waals surface area contributed by atoms with Gasteiger partial charge in [-0.1, -0.05) is 32.0 Å². The molecule has 0 aliphatic heterocycles. The van der Waals surface area contributed by atoms with Crippen molar-refractivity contribution in [1.29, 1.82) is 0 Å². The molecule has 0 unspecified atom stereocenters. The number of thioether (sulfide) groups is 1. The van der Waals surface area contributed by atoms with Crippen LogP contribution < -0.4 is 0 Å². The molecular weight excluding hydrogens is 444 g/mol. The van der Waals surface area contributed by atoms with E-state index in [9.17, 15) is 0 Å². The second-order valence-electron chi connectivity index (χ2n) is 6.63. The lowest BCUT2D eigenvalue weighted by atomic mass is 10.2. The second-order valence-corrected chi connectivity index (χ2v) is 8.35. The summed E-state index contributed by atoms with van der Waals surface area (Å²) in [7, 11) is 4.15. The van der Waals surface area contributed by atoms with Crippen LogP contribution >= 0.6 is 27.7 Å². The fourth-order valence-corrected chi connectivity index (χ4v) is 4.04. The third kappa shape index (κ3) is 4.84. The van der Waals surface area contributed by atoms with E-state index >= 15 is 0 Å². The Bertz CT molecular complexity index is 890. The van der Waals surface area contributed by atoms with Crippen molar-refractivity contribution in [3.8, 4) is 11.7 Å². The number of unbranched alkanes of at least 4 members (excludes halogenated alkanes) is 1. The zero-order chi connectivity index (χ0) is 20.1. The van der Waals surface area contributed by atoms with Gasteiger partial charge in [0.1, 0.15) is 0 Å². The molecule has 10 heteroatoms. The van der Waals surface area contributed by atoms with Crippen LogP contribution in [0.3, 0.4) is 0 Å². The summed E-state index contributed by atoms with van der Waals surface area (Å²) >= 11 is 4.83. The third-order valence-electron chi connectivity index (χ3n) is 4.36. The van der Waals surface area contributed by atoms with Crippen molar-refractivity contribution in [3.63, 3.8) is 0 Å². The van der Waals surface area contributed by atoms with Gasteiger partial charge >= 0.3 is 0 Å². The summed E-state index contributed by atoms with van der Waals surface area (Å²) in [5.41, 5.74) is 0. The van der Waals surface area contributed by atoms with Gasteiger partial charge in [-0.2, -0.15) is 0 Å². The molecule has 0 radical (unpaired) electrons. The molecule has 3 aromatic rings. The Morgan fingerprint density at radius 3 is 2.61 bits per heavy atom. The largest absolute Gasteiger partial charge is 0.444 e. The highest BCUT2D eigenvalue weighted by Gasteiger charge is 2.22. The van der Waals surface area contributed by atoms with E-state index < -0.39 is 0 Å². The van der Waals surface area contributed by atoms with Crippen molar-refractivity contribution < 1.29 is 8.83 Å². The van der Waals surface area contributed by atoms with Crippen LogP contribution in [0.15, 0.2) is 30.8 Å². The van der Waals surface area contributed by atoms with Gasteiger partial charge in [0.2, 0.25) is 5.89 Å². The van der Waals surface area contributed by atoms with Crippen LogP contribution in [-0.4, -0.2) is 44.0 Å². The molecular formula is C18H25BrN6O2S. The van der Waals surface area contributed by atoms with Gasteiger partial charge in [0.25, 0.3) is 5.89 Å². The Balaban J connectivity index is 1.75. The molecule has 0 amide bonds. The van der Waals surface area contributed by atoms with Crippen LogP contribution in [0.4, 0.5) is 0 Å². The molecule has 0 bridgehead atoms. The number of hydrogen-bond acceptors (Lipinski definition) is 8. The summed E-state index contributed by atoms with van der Waals surface area (Å²) in [5.74, 6) is 2.97. The monoisotopic (exact) mass is 468 g/mol. The van der Waals surface area contributed by atoms with Crippen LogP contribution in [-0.2, 0) is 12.3 Å². The van der Waals surface area contributed by atoms with Gasteiger partial charge in [0.05, 0.1) is 11.8 Å². The number of halogens is 1. The van der Waals surface area contributed by atoms with Gasteiger partial charge in [-0.25, -0.2) is 0 Å². The molecule has 0 fully saturated rings. The van der Waals surface area contributed by atoms with Gasteiger partial charge in [-0.15, -0.1) is 20.4 Å². The SMILES string of the molecule is CCCCn1c(SCc2nnc(-c3ccc(Br)o3)o2)nnc1[C@H](CC)N(C)C. The molecule has 3 heterocycles. The molecule has 0 N–H and O–H groups in total. The molecule has 28 heavy (non-hydrogen) atoms. The lowest BCUT2D eigenvalue weighted by Gasteiger charge is -2.23. The van der Waals surface area contributed by atoms with Gasteiger partial charge in [-0.3, -0.25) is 4.90 Å². The molecule has 3 rings (SSSR count). The molecule has 8 nitrogen and oxygen atoms in total. The van der Waals surface area contributed by atoms with Crippen molar-refractivity contribution in [2.75, 3.05) is 14.1 Å². The Morgan fingerprint density at radius 2 is 1.96 bits per heavy atom. The molecule has 0 aliphatic rings. The van der Waals surface area contributed by atoms with E-state index in [1.54, 1.807) is 23.9 Å². The number of aromatic nitrogens is 5. The number of nitrogens with zero attached hydrogens (tertiary/aromatic N) is 6. The van der Waals surface area contributed by atoms with Gasteiger partial charge in [0.15, 0.2) is 21.4 Å². The first-order valence-electron chi connectivity index (χ1n) is 9.33. The molecule has 0 saturated carbocycles. The van der Waals surface area contributed by atoms with Crippen LogP contribution in [0.1, 0.15) is 50.9 Å². The Labute approximate surface area is 177 Å². The predicted molar refractivity (Wildman–Crippen MR) is 111 cm³/mol. The second kappa shape index (κ2) is 9.71. The van der Waals surface area contributed by atoms with E-state index in [1.807, 2.05) is 0 Å². The summed E-state index contributed by atoms with van der Waals surface area (Å²) in [6.07, 6.45) is 3.18. The van der Waals surface area contributed by atoms with Gasteiger partial charge in [0, 0.05) is 6.54 Å². The summed E-state index contributed by atoms with van der Waals surface area (Å²) in [6.45, 7) is 5.26. The van der Waals surface area contributed by atoms with Crippen LogP contribution in [0.2, 0.25) is 0 Å². The topological polar surface area (TPSA) is 86.0 Å². The maximum absolute atomic E-state index is 5.72. The van der Waals surface area contributed by atoms with Gasteiger partial charge < -0.3 is 13.4 Å². The molecule has 0 aliphatic carbocycles. The maximum Gasteiger partial charge on any atom is 0.283 e. The van der Waals surface area contributed by atoms with Crippen LogP contribution in [0, 0.1) is 0 Å². The quantitative estimate of drug-likeness (QED) is 0.392. The summed E-state index contributed by atoms with van der Waals surface area (Å²) in [4.78, 5) is 2.19. The zero-order valence-electron chi connectivity index (χ0n) is 16.6. The van der Waals surface area contributed by atoms with Crippen LogP contribution in [0.5, 0.6) is 0 Å². The molecule has 0 spiro atoms. The minimum absolute atomic E-state index is 0.242. The highest BCUT2D eigenvalue weighted by atomic mass is 79.9. The molecule has 1 atom stereocenters. The van der Waals surface area contributed by atoms with E-state index in [4.69, 9.17) is 8.83 Å². The van der Waals surface area contributed by atoms with E-state index in [-0.39, 0.29) is 6.04 Å². The highest BCUT2D eigenvalue weighted by Crippen LogP contribution is 2.29. The Morgan fingerprint density at radius 1 is 1.14 bits per heavy atom. The smallest absolute Gasteiger partial charge is 0.283 e. The van der Waals surface area contributed by atoms with Crippen molar-refractivity contribution in [2.45, 2.75) is 56.6 Å². The molecule has 152 valence electrons. The maximum atomic E-state index is 5.72. The van der Waals surface area contributed by atoms with Crippen molar-refractivity contribution in [1.82, 2.24) is 29.9 Å². The fraction of sp³-hybridized carbons (Fsp3) is 0.556. The first kappa shape index (κ1) is 21.1. The number of rotatable bonds is 10. The van der Waals surface area contributed by atoms with E-state index in [2.05, 4.69) is 73.7 Å². The Hall–Kier alpha value is -1.65. The Kier molecular flexibility index (Phi) is 7.30. The van der Waals surface area contributed by atoms with Crippen LogP contribution in [0.25, 0.3) is 11.7 Å². The zero-order valence-corrected chi connectivity index (χ0v) is 19.0. The number of furan rings is 1. The normalized spacial score (nSPS) is 12.8. The average Bonchev–Trinajstić information content (AvgIpc) is 3.39. The first-order chi connectivity index (χ1) is 13.5. The van der Waals surface area contributed by atoms with E-state index in [0.717, 1.165) is 36.8 Å². The lowest BCUT2D eigenvalue weighted by Crippen LogP contribution is -2.23. The minimum atomic E-state index is 0.242. The first-order valence-corrected chi connectivity index (χ1v) is 11.1. The number of hydrogen-bond donors (Lipinski definition) is 0. The molecule has 0 saturated heterocycles. The standard InChI is InChI=1S/C18H25BrN6O2S/c1-5-7-10-25-16(12(6-2)24(3)4)21-23-18(25)28-11-15-20-22-17(27-15)13-8-9-14(19)26-13/h8-9,12H,5-7,10-11H2,1-4H3/t12-/m0/s1. The highest BCUT2D eigenvalue weighted by molar-refractivity contribution is 9.10. The lowest BCUT2D eigenvalue weighted by molar-refractivity contribution is 0.270. The average molecular weight is 469 g/mol. The molecule has 0 aromatic carbocycles. The van der Waals surface area contributed by atoms with E-state index in [0.29, 0.717) is 28.0 Å². The summed E-state index contributed by atoms with van der Waals surface area (Å²) in [6, 6.07) is 3.82. The summed E-state index contributed by atoms with van der Waals surface area (Å²) in [5, 5.41) is 18.0. The van der Waals surface area contributed by atoms with Crippen molar-refractivity contribution >= 4 is 27.7 Å².